The zero-order valence-electron chi connectivity index (χ0n) is 5.11. The first-order valence-corrected chi connectivity index (χ1v) is 3.63. The monoisotopic (exact) mass is 165 g/mol. The summed E-state index contributed by atoms with van der Waals surface area (Å²) in [5.41, 5.74) is 2.33. The van der Waals surface area contributed by atoms with Crippen molar-refractivity contribution in [1.29, 1.82) is 0 Å². The van der Waals surface area contributed by atoms with Crippen LogP contribution in [0.3, 0.4) is 0 Å². The number of hydroxylamine groups is 1. The van der Waals surface area contributed by atoms with Crippen LogP contribution in [0.4, 0.5) is 0 Å². The summed E-state index contributed by atoms with van der Waals surface area (Å²) in [6.45, 7) is 1.92. The van der Waals surface area contributed by atoms with E-state index in [0.717, 1.165) is 11.4 Å². The van der Waals surface area contributed by atoms with Gasteiger partial charge in [0, 0.05) is 6.42 Å². The molecule has 1 heterocycles. The molecule has 1 fully saturated rings. The number of rotatable bonds is 1. The number of alkyl halides is 1. The van der Waals surface area contributed by atoms with Crippen molar-refractivity contribution in [3.05, 3.63) is 0 Å². The quantitative estimate of drug-likeness (QED) is 0.467. The first-order valence-electron chi connectivity index (χ1n) is 2.69. The molecule has 0 bridgehead atoms. The molecule has 9 heavy (non-hydrogen) atoms. The molecule has 1 saturated heterocycles. The normalized spacial score (nSPS) is 34.7. The maximum Gasteiger partial charge on any atom is 0.113 e. The largest absolute Gasteiger partial charge is 0.268 e. The van der Waals surface area contributed by atoms with Crippen LogP contribution in [0.15, 0.2) is 0 Å². The molecule has 2 nitrogen and oxygen atoms in total. The first kappa shape index (κ1) is 7.25. The van der Waals surface area contributed by atoms with Crippen molar-refractivity contribution in [3.63, 3.8) is 0 Å². The van der Waals surface area contributed by atoms with Crippen molar-refractivity contribution in [2.24, 2.45) is 0 Å². The van der Waals surface area contributed by atoms with E-state index in [-0.39, 0.29) is 5.60 Å². The van der Waals surface area contributed by atoms with Gasteiger partial charge in [0.1, 0.15) is 10.6 Å². The van der Waals surface area contributed by atoms with Crippen LogP contribution in [-0.4, -0.2) is 16.5 Å². The summed E-state index contributed by atoms with van der Waals surface area (Å²) in [6.07, 6.45) is 0.728. The molecular weight excluding hydrogens is 158 g/mol. The Hall–Kier alpha value is 0.140. The molecule has 0 spiro atoms. The maximum absolute atomic E-state index is 5.59. The molecule has 1 unspecified atom stereocenters. The summed E-state index contributed by atoms with van der Waals surface area (Å²) in [5, 5.41) is 0. The highest BCUT2D eigenvalue weighted by molar-refractivity contribution is 7.80. The van der Waals surface area contributed by atoms with E-state index in [9.17, 15) is 0 Å². The average molecular weight is 166 g/mol. The number of hydrogen-bond donors (Lipinski definition) is 1. The van der Waals surface area contributed by atoms with E-state index >= 15 is 0 Å². The predicted molar refractivity (Wildman–Crippen MR) is 40.6 cm³/mol. The zero-order chi connectivity index (χ0) is 6.91. The predicted octanol–water partition coefficient (Wildman–Crippen LogP) is 1.24. The molecule has 0 amide bonds. The Bertz CT molecular complexity index is 141. The van der Waals surface area contributed by atoms with E-state index < -0.39 is 0 Å². The van der Waals surface area contributed by atoms with Crippen LogP contribution in [-0.2, 0) is 4.84 Å². The second-order valence-corrected chi connectivity index (χ2v) is 3.15. The van der Waals surface area contributed by atoms with Gasteiger partial charge in [0.2, 0.25) is 0 Å². The van der Waals surface area contributed by atoms with Crippen LogP contribution in [0.1, 0.15) is 13.3 Å². The summed E-state index contributed by atoms with van der Waals surface area (Å²) >= 11 is 10.4. The van der Waals surface area contributed by atoms with E-state index in [1.165, 1.54) is 0 Å². The van der Waals surface area contributed by atoms with Crippen LogP contribution in [0.2, 0.25) is 0 Å². The summed E-state index contributed by atoms with van der Waals surface area (Å²) in [5.74, 6) is 0.472. The molecule has 1 atom stereocenters. The van der Waals surface area contributed by atoms with Gasteiger partial charge in [-0.3, -0.25) is 10.3 Å². The van der Waals surface area contributed by atoms with Gasteiger partial charge in [-0.05, 0) is 6.92 Å². The first-order chi connectivity index (χ1) is 4.16. The van der Waals surface area contributed by atoms with E-state index in [0.29, 0.717) is 5.88 Å². The molecular formula is C5H8ClNOS. The third-order valence-corrected chi connectivity index (χ3v) is 2.02. The topological polar surface area (TPSA) is 21.3 Å². The Morgan fingerprint density at radius 2 is 2.67 bits per heavy atom. The van der Waals surface area contributed by atoms with E-state index in [1.54, 1.807) is 0 Å². The lowest BCUT2D eigenvalue weighted by Gasteiger charge is -2.15. The van der Waals surface area contributed by atoms with Gasteiger partial charge >= 0.3 is 0 Å². The average Bonchev–Trinajstić information content (AvgIpc) is 2.13. The third kappa shape index (κ3) is 1.53. The minimum atomic E-state index is -0.279. The van der Waals surface area contributed by atoms with Crippen LogP contribution in [0.5, 0.6) is 0 Å². The van der Waals surface area contributed by atoms with Gasteiger partial charge in [0.05, 0.1) is 5.88 Å². The van der Waals surface area contributed by atoms with E-state index in [2.05, 4.69) is 5.48 Å². The molecule has 0 radical (unpaired) electrons. The minimum absolute atomic E-state index is 0.279. The molecule has 0 saturated carbocycles. The van der Waals surface area contributed by atoms with Crippen molar-refractivity contribution < 1.29 is 4.84 Å². The Morgan fingerprint density at radius 1 is 2.00 bits per heavy atom. The highest BCUT2D eigenvalue weighted by Crippen LogP contribution is 2.21. The molecule has 0 aromatic rings. The third-order valence-electron chi connectivity index (χ3n) is 1.23. The molecule has 4 heteroatoms. The fourth-order valence-corrected chi connectivity index (χ4v) is 1.16. The molecule has 0 aromatic heterocycles. The van der Waals surface area contributed by atoms with Crippen LogP contribution in [0, 0.1) is 0 Å². The highest BCUT2D eigenvalue weighted by Gasteiger charge is 2.32. The maximum atomic E-state index is 5.59. The van der Waals surface area contributed by atoms with Crippen molar-refractivity contribution in [3.8, 4) is 0 Å². The van der Waals surface area contributed by atoms with Gasteiger partial charge in [-0.1, -0.05) is 12.2 Å². The molecule has 1 N–H and O–H groups in total. The Balaban J connectivity index is 2.54. The van der Waals surface area contributed by atoms with Crippen LogP contribution >= 0.6 is 23.8 Å². The van der Waals surface area contributed by atoms with E-state index in [4.69, 9.17) is 28.7 Å². The van der Waals surface area contributed by atoms with Crippen molar-refractivity contribution in [1.82, 2.24) is 5.48 Å². The molecule has 1 aliphatic heterocycles. The summed E-state index contributed by atoms with van der Waals surface area (Å²) in [7, 11) is 0. The van der Waals surface area contributed by atoms with Crippen molar-refractivity contribution >= 4 is 28.8 Å². The van der Waals surface area contributed by atoms with Gasteiger partial charge < -0.3 is 0 Å². The Kier molecular flexibility index (Phi) is 1.94. The fourth-order valence-electron chi connectivity index (χ4n) is 0.666. The number of halogens is 1. The second kappa shape index (κ2) is 2.40. The van der Waals surface area contributed by atoms with Gasteiger partial charge in [0.25, 0.3) is 0 Å². The van der Waals surface area contributed by atoms with Crippen LogP contribution in [0.25, 0.3) is 0 Å². The molecule has 52 valence electrons. The Morgan fingerprint density at radius 3 is 2.89 bits per heavy atom. The van der Waals surface area contributed by atoms with Gasteiger partial charge in [-0.2, -0.15) is 0 Å². The molecule has 1 aliphatic rings. The molecule has 0 aliphatic carbocycles. The zero-order valence-corrected chi connectivity index (χ0v) is 6.68. The second-order valence-electron chi connectivity index (χ2n) is 2.39. The molecule has 1 rings (SSSR count). The summed E-state index contributed by atoms with van der Waals surface area (Å²) in [6, 6.07) is 0. The molecule has 0 aromatic carbocycles. The fraction of sp³-hybridized carbons (Fsp3) is 0.800. The SMILES string of the molecule is CC1(CCl)CC(=S)NO1. The lowest BCUT2D eigenvalue weighted by Crippen LogP contribution is -2.26. The minimum Gasteiger partial charge on any atom is -0.268 e. The standard InChI is InChI=1S/C5H8ClNOS/c1-5(3-6)2-4(9)7-8-5/h2-3H2,1H3,(H,7,9). The van der Waals surface area contributed by atoms with Gasteiger partial charge in [0.15, 0.2) is 0 Å². The lowest BCUT2D eigenvalue weighted by molar-refractivity contribution is -0.0172. The summed E-state index contributed by atoms with van der Waals surface area (Å²) < 4.78 is 0. The number of thiocarbonyl (C=S) groups is 1. The summed E-state index contributed by atoms with van der Waals surface area (Å²) in [4.78, 5) is 5.81. The number of hydrogen-bond acceptors (Lipinski definition) is 2. The number of nitrogens with one attached hydrogen (secondary N) is 1. The van der Waals surface area contributed by atoms with Gasteiger partial charge in [-0.15, -0.1) is 11.6 Å². The Labute approximate surface area is 64.5 Å². The van der Waals surface area contributed by atoms with Crippen LogP contribution < -0.4 is 5.48 Å². The highest BCUT2D eigenvalue weighted by atomic mass is 35.5. The van der Waals surface area contributed by atoms with E-state index in [1.807, 2.05) is 6.92 Å². The lowest BCUT2D eigenvalue weighted by atomic mass is 10.1. The van der Waals surface area contributed by atoms with Crippen molar-refractivity contribution in [2.75, 3.05) is 5.88 Å². The van der Waals surface area contributed by atoms with Crippen molar-refractivity contribution in [2.45, 2.75) is 18.9 Å². The smallest absolute Gasteiger partial charge is 0.113 e. The van der Waals surface area contributed by atoms with Gasteiger partial charge in [-0.25, -0.2) is 0 Å².